The van der Waals surface area contributed by atoms with Crippen LogP contribution in [-0.2, 0) is 14.4 Å². The van der Waals surface area contributed by atoms with Gasteiger partial charge in [-0.3, -0.25) is 14.4 Å². The van der Waals surface area contributed by atoms with Crippen LogP contribution in [-0.4, -0.2) is 97.6 Å². The van der Waals surface area contributed by atoms with Crippen molar-refractivity contribution in [1.29, 1.82) is 0 Å². The number of tetrazole rings is 1. The molecule has 0 spiro atoms. The van der Waals surface area contributed by atoms with Gasteiger partial charge in [-0.1, -0.05) is 18.5 Å². The van der Waals surface area contributed by atoms with Crippen molar-refractivity contribution < 1.29 is 24.3 Å². The Labute approximate surface area is 240 Å². The van der Waals surface area contributed by atoms with Crippen LogP contribution in [0, 0.1) is 0 Å². The lowest BCUT2D eigenvalue weighted by Crippen LogP contribution is -2.51. The van der Waals surface area contributed by atoms with Crippen LogP contribution in [0.15, 0.2) is 54.9 Å². The van der Waals surface area contributed by atoms with Crippen LogP contribution in [0.1, 0.15) is 29.3 Å². The van der Waals surface area contributed by atoms with E-state index < -0.39 is 23.8 Å². The van der Waals surface area contributed by atoms with E-state index in [4.69, 9.17) is 16.7 Å². The average molecular weight is 581 g/mol. The minimum Gasteiger partial charge on any atom is -0.478 e. The SMILES string of the molecule is CCN1CCN(C(=O)C[C@H](NC(=O)/C=C/c2cc(Cl)ccc2-n2cnnn2)C(=O)Nc2ccc(C(=O)O)cc2)CC1. The molecule has 0 unspecified atom stereocenters. The zero-order valence-electron chi connectivity index (χ0n) is 22.2. The number of halogens is 1. The Morgan fingerprint density at radius 3 is 2.44 bits per heavy atom. The van der Waals surface area contributed by atoms with Gasteiger partial charge in [0.1, 0.15) is 12.4 Å². The van der Waals surface area contributed by atoms with Crippen LogP contribution >= 0.6 is 11.6 Å². The van der Waals surface area contributed by atoms with Crippen molar-refractivity contribution in [2.24, 2.45) is 0 Å². The molecule has 1 saturated heterocycles. The molecule has 0 aliphatic carbocycles. The summed E-state index contributed by atoms with van der Waals surface area (Å²) in [5.74, 6) is -2.59. The van der Waals surface area contributed by atoms with Crippen LogP contribution in [0.3, 0.4) is 0 Å². The summed E-state index contributed by atoms with van der Waals surface area (Å²) in [5.41, 5.74) is 1.50. The van der Waals surface area contributed by atoms with Gasteiger partial charge in [0.05, 0.1) is 17.7 Å². The lowest BCUT2D eigenvalue weighted by atomic mass is 10.1. The van der Waals surface area contributed by atoms with Crippen LogP contribution in [0.4, 0.5) is 5.69 Å². The van der Waals surface area contributed by atoms with Crippen LogP contribution in [0.2, 0.25) is 5.02 Å². The molecule has 2 heterocycles. The third kappa shape index (κ3) is 7.96. The van der Waals surface area contributed by atoms with E-state index in [1.165, 1.54) is 47.4 Å². The standard InChI is InChI=1S/C27H29ClN8O5/c1-2-34-11-13-35(14-12-34)25(38)16-22(26(39)30-21-7-3-18(4-8-21)27(40)41)31-24(37)10-5-19-15-20(28)6-9-23(19)36-17-29-32-33-36/h3-10,15,17,22H,2,11-14,16H2,1H3,(H,30,39)(H,31,37)(H,40,41)/b10-5+/t22-/m0/s1. The molecule has 1 aliphatic heterocycles. The van der Waals surface area contributed by atoms with Gasteiger partial charge in [0.15, 0.2) is 0 Å². The van der Waals surface area contributed by atoms with Crippen molar-refractivity contribution >= 4 is 47.1 Å². The first-order valence-electron chi connectivity index (χ1n) is 12.9. The van der Waals surface area contributed by atoms with Crippen LogP contribution < -0.4 is 10.6 Å². The molecule has 3 amide bonds. The number of carboxylic acid groups (broad SMARTS) is 1. The quantitative estimate of drug-likeness (QED) is 0.303. The Balaban J connectivity index is 1.49. The molecule has 4 rings (SSSR count). The molecular formula is C27H29ClN8O5. The third-order valence-corrected chi connectivity index (χ3v) is 6.82. The molecule has 3 N–H and O–H groups in total. The van der Waals surface area contributed by atoms with Gasteiger partial charge in [-0.15, -0.1) is 5.10 Å². The molecule has 214 valence electrons. The largest absolute Gasteiger partial charge is 0.478 e. The number of aromatic carboxylic acids is 1. The van der Waals surface area contributed by atoms with Crippen molar-refractivity contribution in [3.63, 3.8) is 0 Å². The monoisotopic (exact) mass is 580 g/mol. The summed E-state index contributed by atoms with van der Waals surface area (Å²) >= 11 is 6.15. The highest BCUT2D eigenvalue weighted by molar-refractivity contribution is 6.30. The minimum atomic E-state index is -1.19. The summed E-state index contributed by atoms with van der Waals surface area (Å²) in [4.78, 5) is 54.4. The van der Waals surface area contributed by atoms with Crippen molar-refractivity contribution in [3.8, 4) is 5.69 Å². The number of carboxylic acids is 1. The number of benzene rings is 2. The molecule has 0 radical (unpaired) electrons. The van der Waals surface area contributed by atoms with Gasteiger partial charge in [-0.2, -0.15) is 4.68 Å². The molecule has 3 aromatic rings. The van der Waals surface area contributed by atoms with Gasteiger partial charge >= 0.3 is 5.97 Å². The first kappa shape index (κ1) is 29.4. The molecule has 0 bridgehead atoms. The number of likely N-dealkylation sites (N-methyl/N-ethyl adjacent to an activating group) is 1. The van der Waals surface area contributed by atoms with E-state index in [9.17, 15) is 19.2 Å². The number of nitrogens with zero attached hydrogens (tertiary/aromatic N) is 6. The van der Waals surface area contributed by atoms with E-state index in [-0.39, 0.29) is 17.9 Å². The zero-order valence-corrected chi connectivity index (χ0v) is 23.0. The van der Waals surface area contributed by atoms with E-state index >= 15 is 0 Å². The Morgan fingerprint density at radius 2 is 1.80 bits per heavy atom. The Morgan fingerprint density at radius 1 is 1.07 bits per heavy atom. The highest BCUT2D eigenvalue weighted by Gasteiger charge is 2.28. The maximum atomic E-state index is 13.2. The first-order valence-corrected chi connectivity index (χ1v) is 13.3. The predicted molar refractivity (Wildman–Crippen MR) is 150 cm³/mol. The maximum absolute atomic E-state index is 13.2. The lowest BCUT2D eigenvalue weighted by Gasteiger charge is -2.34. The summed E-state index contributed by atoms with van der Waals surface area (Å²) in [6, 6.07) is 9.36. The lowest BCUT2D eigenvalue weighted by molar-refractivity contribution is -0.136. The molecule has 1 aliphatic rings. The number of hydrogen-bond acceptors (Lipinski definition) is 8. The fourth-order valence-electron chi connectivity index (χ4n) is 4.28. The maximum Gasteiger partial charge on any atom is 0.335 e. The van der Waals surface area contributed by atoms with Crippen molar-refractivity contribution in [3.05, 3.63) is 71.0 Å². The van der Waals surface area contributed by atoms with Gasteiger partial charge < -0.3 is 25.5 Å². The number of carbonyl (C=O) groups is 4. The highest BCUT2D eigenvalue weighted by Crippen LogP contribution is 2.20. The predicted octanol–water partition coefficient (Wildman–Crippen LogP) is 1.70. The summed E-state index contributed by atoms with van der Waals surface area (Å²) in [6.45, 7) is 5.46. The number of anilines is 1. The van der Waals surface area contributed by atoms with Crippen LogP contribution in [0.25, 0.3) is 11.8 Å². The van der Waals surface area contributed by atoms with E-state index in [1.54, 1.807) is 23.1 Å². The molecule has 0 saturated carbocycles. The normalized spacial score (nSPS) is 14.5. The second-order valence-corrected chi connectivity index (χ2v) is 9.68. The van der Waals surface area contributed by atoms with Gasteiger partial charge in [0.25, 0.3) is 0 Å². The molecule has 1 aromatic heterocycles. The first-order chi connectivity index (χ1) is 19.7. The number of rotatable bonds is 10. The van der Waals surface area contributed by atoms with Crippen molar-refractivity contribution in [2.75, 3.05) is 38.0 Å². The van der Waals surface area contributed by atoms with Gasteiger partial charge in [-0.25, -0.2) is 4.79 Å². The summed E-state index contributed by atoms with van der Waals surface area (Å²) in [5, 5.41) is 25.9. The highest BCUT2D eigenvalue weighted by atomic mass is 35.5. The number of carbonyl (C=O) groups excluding carboxylic acids is 3. The molecule has 41 heavy (non-hydrogen) atoms. The fraction of sp³-hybridized carbons (Fsp3) is 0.296. The van der Waals surface area contributed by atoms with Gasteiger partial charge in [0, 0.05) is 48.5 Å². The Bertz CT molecular complexity index is 1420. The zero-order chi connectivity index (χ0) is 29.4. The Kier molecular flexibility index (Phi) is 9.77. The molecule has 13 nitrogen and oxygen atoms in total. The second kappa shape index (κ2) is 13.6. The van der Waals surface area contributed by atoms with Gasteiger partial charge in [-0.05, 0) is 65.5 Å². The molecule has 14 heteroatoms. The fourth-order valence-corrected chi connectivity index (χ4v) is 4.46. The van der Waals surface area contributed by atoms with Crippen LogP contribution in [0.5, 0.6) is 0 Å². The molecule has 2 aromatic carbocycles. The Hall–Kier alpha value is -4.62. The number of nitrogens with one attached hydrogen (secondary N) is 2. The van der Waals surface area contributed by atoms with E-state index in [0.29, 0.717) is 35.1 Å². The number of piperazine rings is 1. The number of hydrogen-bond donors (Lipinski definition) is 3. The number of amides is 3. The molecule has 1 atom stereocenters. The third-order valence-electron chi connectivity index (χ3n) is 6.58. The summed E-state index contributed by atoms with van der Waals surface area (Å²) < 4.78 is 1.41. The number of aromatic nitrogens is 4. The van der Waals surface area contributed by atoms with Crippen molar-refractivity contribution in [1.82, 2.24) is 35.3 Å². The van der Waals surface area contributed by atoms with Gasteiger partial charge in [0.2, 0.25) is 17.7 Å². The minimum absolute atomic E-state index is 0.0569. The average Bonchev–Trinajstić information content (AvgIpc) is 3.51. The summed E-state index contributed by atoms with van der Waals surface area (Å²) in [6.07, 6.45) is 3.88. The second-order valence-electron chi connectivity index (χ2n) is 9.24. The summed E-state index contributed by atoms with van der Waals surface area (Å²) in [7, 11) is 0. The molecular weight excluding hydrogens is 552 g/mol. The van der Waals surface area contributed by atoms with E-state index in [1.807, 2.05) is 0 Å². The smallest absolute Gasteiger partial charge is 0.335 e. The topological polar surface area (TPSA) is 163 Å². The van der Waals surface area contributed by atoms with E-state index in [0.717, 1.165) is 19.6 Å². The van der Waals surface area contributed by atoms with E-state index in [2.05, 4.69) is 38.0 Å². The van der Waals surface area contributed by atoms with Crippen molar-refractivity contribution in [2.45, 2.75) is 19.4 Å². The molecule has 1 fully saturated rings.